The normalized spacial score (nSPS) is 16.0. The fourth-order valence-electron chi connectivity index (χ4n) is 2.41. The number of nitrogens with zero attached hydrogens (tertiary/aromatic N) is 2. The number of nitrogens with one attached hydrogen (secondary N) is 1. The van der Waals surface area contributed by atoms with Gasteiger partial charge in [0.05, 0.1) is 15.9 Å². The fraction of sp³-hybridized carbons (Fsp3) is 0.267. The molecule has 1 aromatic heterocycles. The third-order valence-electron chi connectivity index (χ3n) is 3.78. The lowest BCUT2D eigenvalue weighted by Gasteiger charge is -2.18. The summed E-state index contributed by atoms with van der Waals surface area (Å²) in [7, 11) is -3.76. The van der Waals surface area contributed by atoms with E-state index in [9.17, 15) is 18.5 Å². The van der Waals surface area contributed by atoms with E-state index in [0.29, 0.717) is 0 Å². The molecular weight excluding hydrogens is 318 g/mol. The second-order valence-electron chi connectivity index (χ2n) is 5.47. The van der Waals surface area contributed by atoms with Crippen LogP contribution in [0.5, 0.6) is 0 Å². The quantitative estimate of drug-likeness (QED) is 0.646. The summed E-state index contributed by atoms with van der Waals surface area (Å²) in [5.74, 6) is 0.257. The van der Waals surface area contributed by atoms with Crippen molar-refractivity contribution in [2.45, 2.75) is 23.8 Å². The molecule has 1 saturated carbocycles. The first-order valence-electron chi connectivity index (χ1n) is 7.14. The predicted octanol–water partition coefficient (Wildman–Crippen LogP) is 2.42. The highest BCUT2D eigenvalue weighted by Gasteiger charge is 2.35. The molecule has 0 aliphatic heterocycles. The van der Waals surface area contributed by atoms with Crippen LogP contribution in [0.15, 0.2) is 53.7 Å². The van der Waals surface area contributed by atoms with E-state index in [-0.39, 0.29) is 22.5 Å². The Kier molecular flexibility index (Phi) is 4.10. The molecule has 120 valence electrons. The summed E-state index contributed by atoms with van der Waals surface area (Å²) in [6.07, 6.45) is 5.21. The molecule has 3 rings (SSSR count). The van der Waals surface area contributed by atoms with Crippen LogP contribution in [-0.2, 0) is 10.0 Å². The van der Waals surface area contributed by atoms with Gasteiger partial charge in [-0.05, 0) is 42.5 Å². The van der Waals surface area contributed by atoms with Gasteiger partial charge in [-0.3, -0.25) is 15.1 Å². The second-order valence-corrected chi connectivity index (χ2v) is 7.19. The maximum absolute atomic E-state index is 12.5. The molecule has 0 bridgehead atoms. The van der Waals surface area contributed by atoms with Crippen LogP contribution in [0.2, 0.25) is 0 Å². The molecule has 1 aliphatic rings. The zero-order valence-corrected chi connectivity index (χ0v) is 12.9. The minimum Gasteiger partial charge on any atom is -0.264 e. The zero-order chi connectivity index (χ0) is 16.4. The lowest BCUT2D eigenvalue weighted by Crippen LogP contribution is -2.30. The number of pyridine rings is 1. The number of non-ortho nitro benzene ring substituents is 1. The van der Waals surface area contributed by atoms with Crippen LogP contribution in [0.3, 0.4) is 0 Å². The predicted molar refractivity (Wildman–Crippen MR) is 83.1 cm³/mol. The minimum absolute atomic E-state index is 0.0117. The van der Waals surface area contributed by atoms with Crippen LogP contribution >= 0.6 is 0 Å². The third kappa shape index (κ3) is 3.54. The van der Waals surface area contributed by atoms with Crippen LogP contribution in [-0.4, -0.2) is 18.3 Å². The number of benzene rings is 1. The van der Waals surface area contributed by atoms with E-state index >= 15 is 0 Å². The van der Waals surface area contributed by atoms with E-state index in [0.717, 1.165) is 18.4 Å². The van der Waals surface area contributed by atoms with Crippen LogP contribution in [0, 0.1) is 16.0 Å². The molecule has 23 heavy (non-hydrogen) atoms. The molecule has 1 atom stereocenters. The van der Waals surface area contributed by atoms with E-state index in [1.165, 1.54) is 24.3 Å². The summed E-state index contributed by atoms with van der Waals surface area (Å²) in [4.78, 5) is 14.1. The first-order valence-corrected chi connectivity index (χ1v) is 8.62. The Labute approximate surface area is 133 Å². The first kappa shape index (κ1) is 15.6. The number of hydrogen-bond donors (Lipinski definition) is 1. The van der Waals surface area contributed by atoms with Gasteiger partial charge >= 0.3 is 0 Å². The average Bonchev–Trinajstić information content (AvgIpc) is 3.38. The molecule has 0 spiro atoms. The van der Waals surface area contributed by atoms with Crippen LogP contribution in [0.25, 0.3) is 0 Å². The molecule has 0 amide bonds. The van der Waals surface area contributed by atoms with Crippen LogP contribution < -0.4 is 4.72 Å². The number of hydrogen-bond acceptors (Lipinski definition) is 5. The maximum Gasteiger partial charge on any atom is 0.269 e. The minimum atomic E-state index is -3.76. The molecule has 1 heterocycles. The van der Waals surface area contributed by atoms with Gasteiger partial charge in [0.1, 0.15) is 0 Å². The summed E-state index contributed by atoms with van der Waals surface area (Å²) in [5, 5.41) is 10.7. The van der Waals surface area contributed by atoms with Crippen molar-refractivity contribution < 1.29 is 13.3 Å². The SMILES string of the molecule is O=[N+]([O-])c1ccc(S(=O)(=O)N[C@H](c2cccnc2)C2CC2)cc1. The summed E-state index contributed by atoms with van der Waals surface area (Å²) in [6.45, 7) is 0. The van der Waals surface area contributed by atoms with Crippen molar-refractivity contribution in [3.05, 3.63) is 64.5 Å². The number of sulfonamides is 1. The standard InChI is InChI=1S/C15H15N3O4S/c19-18(20)13-5-7-14(8-6-13)23(21,22)17-15(11-3-4-11)12-2-1-9-16-10-12/h1-2,5-11,15,17H,3-4H2/t15-/m0/s1. The van der Waals surface area contributed by atoms with Crippen molar-refractivity contribution in [3.8, 4) is 0 Å². The van der Waals surface area contributed by atoms with Crippen molar-refractivity contribution in [1.82, 2.24) is 9.71 Å². The summed E-state index contributed by atoms with van der Waals surface area (Å²) < 4.78 is 27.8. The Morgan fingerprint density at radius 2 is 1.91 bits per heavy atom. The van der Waals surface area contributed by atoms with Gasteiger partial charge in [0.2, 0.25) is 10.0 Å². The Morgan fingerprint density at radius 1 is 1.22 bits per heavy atom. The zero-order valence-electron chi connectivity index (χ0n) is 12.1. The highest BCUT2D eigenvalue weighted by atomic mass is 32.2. The van der Waals surface area contributed by atoms with Gasteiger partial charge in [0, 0.05) is 24.5 Å². The topological polar surface area (TPSA) is 102 Å². The van der Waals surface area contributed by atoms with E-state index in [4.69, 9.17) is 0 Å². The number of rotatable bonds is 6. The number of aromatic nitrogens is 1. The first-order chi connectivity index (χ1) is 11.0. The van der Waals surface area contributed by atoms with Gasteiger partial charge in [-0.1, -0.05) is 6.07 Å². The number of nitro benzene ring substituents is 1. The molecule has 1 aromatic carbocycles. The summed E-state index contributed by atoms with van der Waals surface area (Å²) >= 11 is 0. The molecule has 0 saturated heterocycles. The average molecular weight is 333 g/mol. The van der Waals surface area contributed by atoms with Gasteiger partial charge in [-0.2, -0.15) is 0 Å². The largest absolute Gasteiger partial charge is 0.269 e. The number of nitro groups is 1. The molecule has 0 unspecified atom stereocenters. The maximum atomic E-state index is 12.5. The lowest BCUT2D eigenvalue weighted by molar-refractivity contribution is -0.384. The summed E-state index contributed by atoms with van der Waals surface area (Å²) in [6, 6.07) is 8.14. The monoisotopic (exact) mass is 333 g/mol. The van der Waals surface area contributed by atoms with E-state index in [1.807, 2.05) is 6.07 Å². The second kappa shape index (κ2) is 6.05. The third-order valence-corrected chi connectivity index (χ3v) is 5.23. The fourth-order valence-corrected chi connectivity index (χ4v) is 3.70. The Bertz CT molecular complexity index is 802. The molecule has 8 heteroatoms. The Morgan fingerprint density at radius 3 is 2.43 bits per heavy atom. The van der Waals surface area contributed by atoms with Crippen molar-refractivity contribution in [2.24, 2.45) is 5.92 Å². The van der Waals surface area contributed by atoms with Crippen molar-refractivity contribution >= 4 is 15.7 Å². The van der Waals surface area contributed by atoms with Crippen molar-refractivity contribution in [1.29, 1.82) is 0 Å². The van der Waals surface area contributed by atoms with Gasteiger partial charge in [-0.25, -0.2) is 13.1 Å². The molecular formula is C15H15N3O4S. The van der Waals surface area contributed by atoms with Crippen LogP contribution in [0.4, 0.5) is 5.69 Å². The van der Waals surface area contributed by atoms with Gasteiger partial charge in [0.15, 0.2) is 0 Å². The molecule has 1 N–H and O–H groups in total. The lowest BCUT2D eigenvalue weighted by atomic mass is 10.1. The van der Waals surface area contributed by atoms with Crippen LogP contribution in [0.1, 0.15) is 24.4 Å². The van der Waals surface area contributed by atoms with Gasteiger partial charge in [-0.15, -0.1) is 0 Å². The smallest absolute Gasteiger partial charge is 0.264 e. The molecule has 1 fully saturated rings. The van der Waals surface area contributed by atoms with E-state index in [2.05, 4.69) is 9.71 Å². The van der Waals surface area contributed by atoms with E-state index < -0.39 is 14.9 Å². The molecule has 7 nitrogen and oxygen atoms in total. The van der Waals surface area contributed by atoms with Gasteiger partial charge < -0.3 is 0 Å². The highest BCUT2D eigenvalue weighted by Crippen LogP contribution is 2.41. The highest BCUT2D eigenvalue weighted by molar-refractivity contribution is 7.89. The Hall–Kier alpha value is -2.32. The van der Waals surface area contributed by atoms with Crippen molar-refractivity contribution in [2.75, 3.05) is 0 Å². The molecule has 0 radical (unpaired) electrons. The van der Waals surface area contributed by atoms with Crippen molar-refractivity contribution in [3.63, 3.8) is 0 Å². The van der Waals surface area contributed by atoms with Gasteiger partial charge in [0.25, 0.3) is 5.69 Å². The Balaban J connectivity index is 1.85. The molecule has 2 aromatic rings. The van der Waals surface area contributed by atoms with E-state index in [1.54, 1.807) is 18.5 Å². The summed E-state index contributed by atoms with van der Waals surface area (Å²) in [5.41, 5.74) is 0.676. The molecule has 1 aliphatic carbocycles.